The summed E-state index contributed by atoms with van der Waals surface area (Å²) in [4.78, 5) is 24.3. The number of aromatic nitrogens is 2. The van der Waals surface area contributed by atoms with Gasteiger partial charge in [0, 0.05) is 54.9 Å². The number of H-pyrrole nitrogens is 1. The second kappa shape index (κ2) is 7.06. The number of nitrogens with one attached hydrogen (secondary N) is 1. The van der Waals surface area contributed by atoms with Crippen LogP contribution in [0, 0.1) is 23.1 Å². The van der Waals surface area contributed by atoms with Crippen LogP contribution in [0.5, 0.6) is 0 Å². The third kappa shape index (κ3) is 3.13. The van der Waals surface area contributed by atoms with Gasteiger partial charge < -0.3 is 14.8 Å². The maximum absolute atomic E-state index is 15.0. The Kier molecular flexibility index (Phi) is 4.26. The number of amides is 1. The highest BCUT2D eigenvalue weighted by Crippen LogP contribution is 2.48. The van der Waals surface area contributed by atoms with E-state index in [0.717, 1.165) is 68.5 Å². The van der Waals surface area contributed by atoms with E-state index < -0.39 is 5.41 Å². The SMILES string of the molecule is N#CC1(c2ccc(-c3cc4c(N5CCN(C(=O)C6CC6)CC5)ccnc4[nH]3)c(F)c2)CC1. The molecule has 1 amide bonds. The summed E-state index contributed by atoms with van der Waals surface area (Å²) in [6, 6.07) is 11.4. The summed E-state index contributed by atoms with van der Waals surface area (Å²) in [5.41, 5.74) is 3.18. The molecule has 2 aromatic heterocycles. The van der Waals surface area contributed by atoms with Crippen LogP contribution in [0.4, 0.5) is 10.1 Å². The minimum absolute atomic E-state index is 0.255. The highest BCUT2D eigenvalue weighted by atomic mass is 19.1. The number of aromatic amines is 1. The number of anilines is 1. The number of nitrogens with zero attached hydrogens (tertiary/aromatic N) is 4. The maximum atomic E-state index is 15.0. The van der Waals surface area contributed by atoms with Crippen molar-refractivity contribution in [2.24, 2.45) is 5.92 Å². The Hall–Kier alpha value is -3.40. The summed E-state index contributed by atoms with van der Waals surface area (Å²) in [5, 5.41) is 10.3. The first-order chi connectivity index (χ1) is 15.6. The molecule has 1 N–H and O–H groups in total. The van der Waals surface area contributed by atoms with E-state index in [0.29, 0.717) is 22.8 Å². The van der Waals surface area contributed by atoms with Crippen molar-refractivity contribution in [3.05, 3.63) is 47.9 Å². The average molecular weight is 429 g/mol. The number of carbonyl (C=O) groups excluding carboxylic acids is 1. The van der Waals surface area contributed by atoms with Crippen LogP contribution in [-0.2, 0) is 10.2 Å². The van der Waals surface area contributed by atoms with E-state index in [1.54, 1.807) is 12.3 Å². The molecule has 3 fully saturated rings. The normalized spacial score (nSPS) is 19.8. The number of carbonyl (C=O) groups is 1. The molecule has 0 spiro atoms. The first-order valence-corrected chi connectivity index (χ1v) is 11.3. The molecule has 0 unspecified atom stereocenters. The first-order valence-electron chi connectivity index (χ1n) is 11.3. The van der Waals surface area contributed by atoms with Crippen molar-refractivity contribution >= 4 is 22.6 Å². The second-order valence-electron chi connectivity index (χ2n) is 9.25. The van der Waals surface area contributed by atoms with Crippen molar-refractivity contribution in [1.29, 1.82) is 5.26 Å². The van der Waals surface area contributed by atoms with E-state index in [-0.39, 0.29) is 11.7 Å². The van der Waals surface area contributed by atoms with Crippen molar-refractivity contribution < 1.29 is 9.18 Å². The van der Waals surface area contributed by atoms with Crippen molar-refractivity contribution in [2.75, 3.05) is 31.1 Å². The van der Waals surface area contributed by atoms with E-state index >= 15 is 4.39 Å². The molecule has 3 aromatic rings. The molecule has 7 heteroatoms. The van der Waals surface area contributed by atoms with Gasteiger partial charge in [-0.1, -0.05) is 6.07 Å². The fourth-order valence-corrected chi connectivity index (χ4v) is 4.81. The van der Waals surface area contributed by atoms with Gasteiger partial charge >= 0.3 is 0 Å². The minimum atomic E-state index is -0.502. The number of piperazine rings is 1. The number of pyridine rings is 1. The van der Waals surface area contributed by atoms with Crippen LogP contribution < -0.4 is 4.90 Å². The lowest BCUT2D eigenvalue weighted by atomic mass is 9.95. The number of hydrogen-bond donors (Lipinski definition) is 1. The Morgan fingerprint density at radius 3 is 2.59 bits per heavy atom. The molecule has 3 aliphatic rings. The summed E-state index contributed by atoms with van der Waals surface area (Å²) in [7, 11) is 0. The summed E-state index contributed by atoms with van der Waals surface area (Å²) < 4.78 is 15.0. The molecular formula is C25H24FN5O. The quantitative estimate of drug-likeness (QED) is 0.681. The largest absolute Gasteiger partial charge is 0.367 e. The Balaban J connectivity index is 1.27. The lowest BCUT2D eigenvalue weighted by molar-refractivity contribution is -0.132. The smallest absolute Gasteiger partial charge is 0.225 e. The van der Waals surface area contributed by atoms with Crippen molar-refractivity contribution in [1.82, 2.24) is 14.9 Å². The van der Waals surface area contributed by atoms with Gasteiger partial charge in [0.05, 0.1) is 17.2 Å². The lowest BCUT2D eigenvalue weighted by Gasteiger charge is -2.36. The standard InChI is InChI=1S/C25H24FN5O/c26-20-13-17(25(15-27)6-7-25)3-4-18(20)21-14-19-22(5-8-28-23(19)29-21)30-9-11-31(12-10-30)24(32)16-1-2-16/h3-5,8,13-14,16H,1-2,6-7,9-12H2,(H,28,29). The summed E-state index contributed by atoms with van der Waals surface area (Å²) in [6.07, 6.45) is 5.42. The van der Waals surface area contributed by atoms with Crippen LogP contribution in [0.25, 0.3) is 22.3 Å². The van der Waals surface area contributed by atoms with E-state index in [9.17, 15) is 10.1 Å². The molecule has 3 heterocycles. The third-order valence-electron chi connectivity index (χ3n) is 7.14. The molecule has 1 saturated heterocycles. The molecule has 0 bridgehead atoms. The average Bonchev–Trinajstić information content (AvgIpc) is 3.75. The van der Waals surface area contributed by atoms with Crippen molar-refractivity contribution in [2.45, 2.75) is 31.1 Å². The van der Waals surface area contributed by atoms with Crippen LogP contribution >= 0.6 is 0 Å². The summed E-state index contributed by atoms with van der Waals surface area (Å²) in [6.45, 7) is 3.01. The number of rotatable bonds is 4. The highest BCUT2D eigenvalue weighted by Gasteiger charge is 2.45. The Labute approximate surface area is 185 Å². The van der Waals surface area contributed by atoms with Gasteiger partial charge in [0.25, 0.3) is 0 Å². The summed E-state index contributed by atoms with van der Waals surface area (Å²) >= 11 is 0. The topological polar surface area (TPSA) is 76.0 Å². The molecule has 2 aliphatic carbocycles. The Morgan fingerprint density at radius 2 is 1.94 bits per heavy atom. The van der Waals surface area contributed by atoms with Gasteiger partial charge in [0.2, 0.25) is 5.91 Å². The fraction of sp³-hybridized carbons (Fsp3) is 0.400. The Bertz CT molecular complexity index is 1260. The molecular weight excluding hydrogens is 405 g/mol. The van der Waals surface area contributed by atoms with Crippen molar-refractivity contribution in [3.8, 4) is 17.3 Å². The van der Waals surface area contributed by atoms with Crippen LogP contribution in [0.3, 0.4) is 0 Å². The van der Waals surface area contributed by atoms with E-state index in [2.05, 4.69) is 20.9 Å². The third-order valence-corrected chi connectivity index (χ3v) is 7.14. The van der Waals surface area contributed by atoms with E-state index in [4.69, 9.17) is 0 Å². The van der Waals surface area contributed by atoms with Gasteiger partial charge in [0.15, 0.2) is 0 Å². The van der Waals surface area contributed by atoms with Crippen LogP contribution in [0.15, 0.2) is 36.5 Å². The number of hydrogen-bond acceptors (Lipinski definition) is 4. The first kappa shape index (κ1) is 19.3. The fourth-order valence-electron chi connectivity index (χ4n) is 4.81. The van der Waals surface area contributed by atoms with Gasteiger partial charge in [-0.3, -0.25) is 4.79 Å². The number of benzene rings is 1. The zero-order valence-corrected chi connectivity index (χ0v) is 17.8. The number of fused-ring (bicyclic) bond motifs is 1. The zero-order valence-electron chi connectivity index (χ0n) is 17.8. The summed E-state index contributed by atoms with van der Waals surface area (Å²) in [5.74, 6) is 0.228. The minimum Gasteiger partial charge on any atom is -0.367 e. The monoisotopic (exact) mass is 429 g/mol. The van der Waals surface area contributed by atoms with Gasteiger partial charge in [-0.15, -0.1) is 0 Å². The molecule has 1 aromatic carbocycles. The Morgan fingerprint density at radius 1 is 1.16 bits per heavy atom. The van der Waals surface area contributed by atoms with Crippen LogP contribution in [0.1, 0.15) is 31.2 Å². The van der Waals surface area contributed by atoms with E-state index in [1.165, 1.54) is 6.07 Å². The zero-order chi connectivity index (χ0) is 21.9. The predicted molar refractivity (Wildman–Crippen MR) is 120 cm³/mol. The van der Waals surface area contributed by atoms with Gasteiger partial charge in [0.1, 0.15) is 11.5 Å². The molecule has 1 aliphatic heterocycles. The number of halogens is 1. The molecule has 0 radical (unpaired) electrons. The molecule has 6 nitrogen and oxygen atoms in total. The number of nitriles is 1. The van der Waals surface area contributed by atoms with Crippen LogP contribution in [0.2, 0.25) is 0 Å². The molecule has 162 valence electrons. The van der Waals surface area contributed by atoms with Gasteiger partial charge in [-0.2, -0.15) is 5.26 Å². The van der Waals surface area contributed by atoms with Crippen LogP contribution in [-0.4, -0.2) is 47.0 Å². The molecule has 2 saturated carbocycles. The van der Waals surface area contributed by atoms with E-state index in [1.807, 2.05) is 23.1 Å². The molecule has 32 heavy (non-hydrogen) atoms. The predicted octanol–water partition coefficient (Wildman–Crippen LogP) is 3.98. The van der Waals surface area contributed by atoms with Gasteiger partial charge in [-0.05, 0) is 55.5 Å². The highest BCUT2D eigenvalue weighted by molar-refractivity contribution is 5.94. The second-order valence-corrected chi connectivity index (χ2v) is 9.25. The lowest BCUT2D eigenvalue weighted by Crippen LogP contribution is -2.49. The molecule has 0 atom stereocenters. The molecule has 6 rings (SSSR count). The maximum Gasteiger partial charge on any atom is 0.225 e. The van der Waals surface area contributed by atoms with Crippen molar-refractivity contribution in [3.63, 3.8) is 0 Å². The van der Waals surface area contributed by atoms with Gasteiger partial charge in [-0.25, -0.2) is 9.37 Å².